The highest BCUT2D eigenvalue weighted by Gasteiger charge is 2.47. The summed E-state index contributed by atoms with van der Waals surface area (Å²) in [5.74, 6) is 0. The lowest BCUT2D eigenvalue weighted by Crippen LogP contribution is -2.53. The van der Waals surface area contributed by atoms with Crippen LogP contribution >= 0.6 is 0 Å². The predicted molar refractivity (Wildman–Crippen MR) is 130 cm³/mol. The summed E-state index contributed by atoms with van der Waals surface area (Å²) in [6.07, 6.45) is 24.1. The molecule has 1 aromatic carbocycles. The van der Waals surface area contributed by atoms with Crippen molar-refractivity contribution in [3.05, 3.63) is 42.0 Å². The van der Waals surface area contributed by atoms with Gasteiger partial charge in [0, 0.05) is 24.4 Å². The third kappa shape index (κ3) is 7.56. The van der Waals surface area contributed by atoms with Crippen LogP contribution in [0, 0.1) is 0 Å². The van der Waals surface area contributed by atoms with E-state index in [2.05, 4.69) is 42.5 Å². The maximum atomic E-state index is 6.97. The Morgan fingerprint density at radius 3 is 1.45 bits per heavy atom. The first kappa shape index (κ1) is 23.2. The average molecular weight is 443 g/mol. The van der Waals surface area contributed by atoms with E-state index in [1.165, 1.54) is 102 Å². The summed E-state index contributed by atoms with van der Waals surface area (Å²) in [6, 6.07) is 11.4. The van der Waals surface area contributed by atoms with Gasteiger partial charge in [0.1, 0.15) is 0 Å². The van der Waals surface area contributed by atoms with E-state index in [0.29, 0.717) is 18.3 Å². The first-order valence-corrected chi connectivity index (χ1v) is 15.0. The molecule has 0 amide bonds. The molecular formula is C27H42O3Si. The van der Waals surface area contributed by atoms with Gasteiger partial charge in [-0.05, 0) is 44.1 Å². The van der Waals surface area contributed by atoms with Crippen molar-refractivity contribution in [2.24, 2.45) is 0 Å². The second kappa shape index (κ2) is 12.3. The van der Waals surface area contributed by atoms with E-state index in [-0.39, 0.29) is 0 Å². The molecule has 3 aliphatic carbocycles. The van der Waals surface area contributed by atoms with Crippen LogP contribution in [0.5, 0.6) is 0 Å². The molecule has 3 fully saturated rings. The Balaban J connectivity index is 1.53. The van der Waals surface area contributed by atoms with Crippen LogP contribution in [0.4, 0.5) is 0 Å². The van der Waals surface area contributed by atoms with E-state index < -0.39 is 8.80 Å². The van der Waals surface area contributed by atoms with Crippen molar-refractivity contribution in [1.82, 2.24) is 0 Å². The maximum Gasteiger partial charge on any atom is 0.505 e. The van der Waals surface area contributed by atoms with Gasteiger partial charge in [-0.3, -0.25) is 0 Å². The number of rotatable bonds is 9. The average Bonchev–Trinajstić information content (AvgIpc) is 2.82. The van der Waals surface area contributed by atoms with E-state index in [1.54, 1.807) is 0 Å². The van der Waals surface area contributed by atoms with Crippen LogP contribution in [0.2, 0.25) is 6.04 Å². The van der Waals surface area contributed by atoms with Gasteiger partial charge in [0.25, 0.3) is 0 Å². The zero-order valence-corrected chi connectivity index (χ0v) is 20.3. The fraction of sp³-hybridized carbons (Fsp3) is 0.704. The van der Waals surface area contributed by atoms with Crippen LogP contribution in [0.1, 0.15) is 102 Å². The third-order valence-corrected chi connectivity index (χ3v) is 9.99. The smallest absolute Gasteiger partial charge is 0.370 e. The van der Waals surface area contributed by atoms with Gasteiger partial charge in [0.05, 0.1) is 0 Å². The van der Waals surface area contributed by atoms with Crippen LogP contribution in [0.15, 0.2) is 36.4 Å². The summed E-state index contributed by atoms with van der Waals surface area (Å²) in [4.78, 5) is 0. The normalized spacial score (nSPS) is 22.8. The molecule has 0 unspecified atom stereocenters. The Kier molecular flexibility index (Phi) is 9.24. The molecule has 0 spiro atoms. The SMILES string of the molecule is C(=Cc1ccccc1)C[Si](OC1CCCCC1)(OC1CCCCC1)OC1CCCCC1. The van der Waals surface area contributed by atoms with Gasteiger partial charge < -0.3 is 13.3 Å². The van der Waals surface area contributed by atoms with E-state index in [1.807, 2.05) is 0 Å². The second-order valence-corrected chi connectivity index (χ2v) is 12.3. The molecule has 3 nitrogen and oxygen atoms in total. The summed E-state index contributed by atoms with van der Waals surface area (Å²) >= 11 is 0. The molecule has 0 radical (unpaired) electrons. The first-order chi connectivity index (χ1) is 15.3. The number of allylic oxidation sites excluding steroid dienone is 1. The minimum atomic E-state index is -2.80. The Morgan fingerprint density at radius 1 is 0.613 bits per heavy atom. The van der Waals surface area contributed by atoms with Gasteiger partial charge in [-0.15, -0.1) is 0 Å². The summed E-state index contributed by atoms with van der Waals surface area (Å²) in [5, 5.41) is 0. The zero-order chi connectivity index (χ0) is 21.2. The van der Waals surface area contributed by atoms with E-state index >= 15 is 0 Å². The van der Waals surface area contributed by atoms with Gasteiger partial charge in [-0.1, -0.05) is 100 Å². The van der Waals surface area contributed by atoms with Gasteiger partial charge >= 0.3 is 8.80 Å². The predicted octanol–water partition coefficient (Wildman–Crippen LogP) is 7.69. The lowest BCUT2D eigenvalue weighted by Gasteiger charge is -2.40. The minimum absolute atomic E-state index is 0.317. The maximum absolute atomic E-state index is 6.97. The molecule has 4 rings (SSSR count). The Bertz CT molecular complexity index is 593. The molecule has 31 heavy (non-hydrogen) atoms. The van der Waals surface area contributed by atoms with Crippen molar-refractivity contribution in [3.63, 3.8) is 0 Å². The highest BCUT2D eigenvalue weighted by molar-refractivity contribution is 6.61. The lowest BCUT2D eigenvalue weighted by molar-refractivity contribution is -0.0389. The molecule has 0 aliphatic heterocycles. The summed E-state index contributed by atoms with van der Waals surface area (Å²) in [7, 11) is -2.80. The zero-order valence-electron chi connectivity index (χ0n) is 19.3. The lowest BCUT2D eigenvalue weighted by atomic mass is 9.98. The summed E-state index contributed by atoms with van der Waals surface area (Å²) in [6.45, 7) is 0. The van der Waals surface area contributed by atoms with Crippen LogP contribution in [-0.2, 0) is 13.3 Å². The highest BCUT2D eigenvalue weighted by atomic mass is 28.4. The third-order valence-electron chi connectivity index (χ3n) is 7.17. The largest absolute Gasteiger partial charge is 0.505 e. The highest BCUT2D eigenvalue weighted by Crippen LogP contribution is 2.34. The van der Waals surface area contributed by atoms with E-state index in [9.17, 15) is 0 Å². The van der Waals surface area contributed by atoms with Crippen molar-refractivity contribution in [2.75, 3.05) is 0 Å². The van der Waals surface area contributed by atoms with Gasteiger partial charge in [0.2, 0.25) is 0 Å². The molecule has 0 bridgehead atoms. The minimum Gasteiger partial charge on any atom is -0.370 e. The standard InChI is InChI=1S/C27H42O3Si/c1-5-14-24(15-6-1)16-13-23-31(28-25-17-7-2-8-18-25,29-26-19-9-3-10-20-26)30-27-21-11-4-12-22-27/h1,5-6,13-16,25-27H,2-4,7-12,17-23H2. The van der Waals surface area contributed by atoms with Gasteiger partial charge in [0.15, 0.2) is 0 Å². The monoisotopic (exact) mass is 442 g/mol. The molecule has 1 aromatic rings. The fourth-order valence-corrected chi connectivity index (χ4v) is 8.53. The van der Waals surface area contributed by atoms with Crippen LogP contribution < -0.4 is 0 Å². The van der Waals surface area contributed by atoms with E-state index in [0.717, 1.165) is 6.04 Å². The molecule has 3 saturated carbocycles. The molecular weight excluding hydrogens is 400 g/mol. The van der Waals surface area contributed by atoms with E-state index in [4.69, 9.17) is 13.3 Å². The fourth-order valence-electron chi connectivity index (χ4n) is 5.44. The summed E-state index contributed by atoms with van der Waals surface area (Å²) < 4.78 is 20.9. The number of benzene rings is 1. The Hall–Kier alpha value is -0.943. The number of hydrogen-bond donors (Lipinski definition) is 0. The molecule has 4 heteroatoms. The van der Waals surface area contributed by atoms with Crippen LogP contribution in [0.25, 0.3) is 6.08 Å². The molecule has 172 valence electrons. The molecule has 0 aromatic heterocycles. The van der Waals surface area contributed by atoms with Crippen molar-refractivity contribution >= 4 is 14.9 Å². The van der Waals surface area contributed by atoms with Crippen molar-refractivity contribution < 1.29 is 13.3 Å². The molecule has 0 atom stereocenters. The molecule has 0 saturated heterocycles. The molecule has 3 aliphatic rings. The summed E-state index contributed by atoms with van der Waals surface area (Å²) in [5.41, 5.74) is 1.23. The quantitative estimate of drug-likeness (QED) is 0.367. The topological polar surface area (TPSA) is 27.7 Å². The first-order valence-electron chi connectivity index (χ1n) is 13.1. The van der Waals surface area contributed by atoms with Gasteiger partial charge in [-0.25, -0.2) is 0 Å². The van der Waals surface area contributed by atoms with Gasteiger partial charge in [-0.2, -0.15) is 0 Å². The van der Waals surface area contributed by atoms with Crippen LogP contribution in [-0.4, -0.2) is 27.1 Å². The van der Waals surface area contributed by atoms with Crippen molar-refractivity contribution in [1.29, 1.82) is 0 Å². The van der Waals surface area contributed by atoms with Crippen molar-refractivity contribution in [3.8, 4) is 0 Å². The Morgan fingerprint density at radius 2 is 1.03 bits per heavy atom. The second-order valence-electron chi connectivity index (χ2n) is 9.83. The molecule has 0 heterocycles. The Labute approximate surface area is 190 Å². The van der Waals surface area contributed by atoms with Crippen LogP contribution in [0.3, 0.4) is 0 Å². The molecule has 0 N–H and O–H groups in total. The van der Waals surface area contributed by atoms with Crippen molar-refractivity contribution in [2.45, 2.75) is 121 Å². The number of hydrogen-bond acceptors (Lipinski definition) is 3.